The SMILES string of the molecule is CC(=O)Nc1ccc(O)c(C(=O)/C=C/c2ccccc2OC(C)C)c1. The molecule has 2 aromatic rings. The largest absolute Gasteiger partial charge is 0.507 e. The number of nitrogens with one attached hydrogen (secondary N) is 1. The molecular formula is C20H21NO4. The van der Waals surface area contributed by atoms with Crippen molar-refractivity contribution in [3.63, 3.8) is 0 Å². The molecule has 130 valence electrons. The van der Waals surface area contributed by atoms with Gasteiger partial charge in [0.05, 0.1) is 11.7 Å². The number of hydrogen-bond acceptors (Lipinski definition) is 4. The monoisotopic (exact) mass is 339 g/mol. The van der Waals surface area contributed by atoms with E-state index in [0.717, 1.165) is 5.56 Å². The molecule has 0 fully saturated rings. The van der Waals surface area contributed by atoms with E-state index in [1.54, 1.807) is 6.08 Å². The fourth-order valence-electron chi connectivity index (χ4n) is 2.25. The van der Waals surface area contributed by atoms with Crippen LogP contribution >= 0.6 is 0 Å². The van der Waals surface area contributed by atoms with Crippen LogP contribution in [-0.4, -0.2) is 22.9 Å². The van der Waals surface area contributed by atoms with Crippen LogP contribution < -0.4 is 10.1 Å². The van der Waals surface area contributed by atoms with Crippen LogP contribution in [0.1, 0.15) is 36.7 Å². The summed E-state index contributed by atoms with van der Waals surface area (Å²) in [6.45, 7) is 5.23. The maximum Gasteiger partial charge on any atom is 0.221 e. The zero-order chi connectivity index (χ0) is 18.4. The number of para-hydroxylation sites is 1. The highest BCUT2D eigenvalue weighted by Crippen LogP contribution is 2.24. The van der Waals surface area contributed by atoms with E-state index in [0.29, 0.717) is 11.4 Å². The average molecular weight is 339 g/mol. The maximum absolute atomic E-state index is 12.4. The van der Waals surface area contributed by atoms with Crippen LogP contribution in [0, 0.1) is 0 Å². The molecule has 5 heteroatoms. The summed E-state index contributed by atoms with van der Waals surface area (Å²) in [7, 11) is 0. The second-order valence-corrected chi connectivity index (χ2v) is 5.82. The van der Waals surface area contributed by atoms with E-state index >= 15 is 0 Å². The van der Waals surface area contributed by atoms with E-state index in [4.69, 9.17) is 4.74 Å². The normalized spacial score (nSPS) is 10.9. The van der Waals surface area contributed by atoms with E-state index in [1.165, 1.54) is 31.2 Å². The number of rotatable bonds is 6. The van der Waals surface area contributed by atoms with Crippen LogP contribution in [0.25, 0.3) is 6.08 Å². The van der Waals surface area contributed by atoms with Crippen LogP contribution in [0.3, 0.4) is 0 Å². The summed E-state index contributed by atoms with van der Waals surface area (Å²) in [5, 5.41) is 12.5. The Hall–Kier alpha value is -3.08. The van der Waals surface area contributed by atoms with Gasteiger partial charge in [-0.25, -0.2) is 0 Å². The summed E-state index contributed by atoms with van der Waals surface area (Å²) in [4.78, 5) is 23.5. The number of allylic oxidation sites excluding steroid dienone is 1. The van der Waals surface area contributed by atoms with Gasteiger partial charge in [0.1, 0.15) is 11.5 Å². The lowest BCUT2D eigenvalue weighted by Gasteiger charge is -2.12. The zero-order valence-corrected chi connectivity index (χ0v) is 14.4. The second kappa shape index (κ2) is 8.15. The molecule has 0 unspecified atom stereocenters. The van der Waals surface area contributed by atoms with Gasteiger partial charge >= 0.3 is 0 Å². The van der Waals surface area contributed by atoms with Crippen molar-refractivity contribution in [1.82, 2.24) is 0 Å². The number of hydrogen-bond donors (Lipinski definition) is 2. The molecule has 0 aromatic heterocycles. The molecule has 2 aromatic carbocycles. The molecule has 0 atom stereocenters. The van der Waals surface area contributed by atoms with E-state index in [1.807, 2.05) is 38.1 Å². The minimum Gasteiger partial charge on any atom is -0.507 e. The van der Waals surface area contributed by atoms with E-state index in [9.17, 15) is 14.7 Å². The Labute approximate surface area is 146 Å². The predicted molar refractivity (Wildman–Crippen MR) is 98.0 cm³/mol. The van der Waals surface area contributed by atoms with E-state index in [2.05, 4.69) is 5.32 Å². The number of anilines is 1. The molecule has 0 aliphatic rings. The maximum atomic E-state index is 12.4. The van der Waals surface area contributed by atoms with Crippen LogP contribution in [0.15, 0.2) is 48.5 Å². The Morgan fingerprint density at radius 1 is 1.16 bits per heavy atom. The molecule has 0 saturated carbocycles. The van der Waals surface area contributed by atoms with Crippen LogP contribution in [0.4, 0.5) is 5.69 Å². The third-order valence-electron chi connectivity index (χ3n) is 3.28. The minimum absolute atomic E-state index is 0.0173. The van der Waals surface area contributed by atoms with Gasteiger partial charge in [0, 0.05) is 18.2 Å². The first-order valence-electron chi connectivity index (χ1n) is 7.95. The Morgan fingerprint density at radius 3 is 2.56 bits per heavy atom. The first kappa shape index (κ1) is 18.3. The van der Waals surface area contributed by atoms with Crippen molar-refractivity contribution in [3.05, 3.63) is 59.7 Å². The molecule has 0 aliphatic carbocycles. The molecule has 0 radical (unpaired) electrons. The smallest absolute Gasteiger partial charge is 0.221 e. The van der Waals surface area contributed by atoms with Gasteiger partial charge in [0.2, 0.25) is 5.91 Å². The highest BCUT2D eigenvalue weighted by Gasteiger charge is 2.11. The summed E-state index contributed by atoms with van der Waals surface area (Å²) >= 11 is 0. The van der Waals surface area contributed by atoms with E-state index < -0.39 is 0 Å². The molecule has 0 heterocycles. The highest BCUT2D eigenvalue weighted by atomic mass is 16.5. The molecule has 2 rings (SSSR count). The van der Waals surface area contributed by atoms with Gasteiger partial charge in [-0.15, -0.1) is 0 Å². The van der Waals surface area contributed by atoms with E-state index in [-0.39, 0.29) is 29.1 Å². The predicted octanol–water partition coefficient (Wildman–Crippen LogP) is 4.03. The molecule has 1 amide bonds. The quantitative estimate of drug-likeness (QED) is 0.473. The molecule has 0 bridgehead atoms. The summed E-state index contributed by atoms with van der Waals surface area (Å²) < 4.78 is 5.71. The molecule has 25 heavy (non-hydrogen) atoms. The summed E-state index contributed by atoms with van der Waals surface area (Å²) in [5.41, 5.74) is 1.33. The van der Waals surface area contributed by atoms with Crippen molar-refractivity contribution in [2.45, 2.75) is 26.9 Å². The number of aromatic hydroxyl groups is 1. The summed E-state index contributed by atoms with van der Waals surface area (Å²) in [5.74, 6) is -0.0864. The number of carbonyl (C=O) groups is 2. The van der Waals surface area contributed by atoms with Gasteiger partial charge in [0.15, 0.2) is 5.78 Å². The van der Waals surface area contributed by atoms with Crippen LogP contribution in [-0.2, 0) is 4.79 Å². The van der Waals surface area contributed by atoms with Gasteiger partial charge in [0.25, 0.3) is 0 Å². The molecule has 0 saturated heterocycles. The first-order chi connectivity index (χ1) is 11.9. The number of carbonyl (C=O) groups excluding carboxylic acids is 2. The van der Waals surface area contributed by atoms with Crippen molar-refractivity contribution in [2.24, 2.45) is 0 Å². The van der Waals surface area contributed by atoms with Gasteiger partial charge in [-0.05, 0) is 50.3 Å². The lowest BCUT2D eigenvalue weighted by molar-refractivity contribution is -0.114. The van der Waals surface area contributed by atoms with Crippen molar-refractivity contribution in [3.8, 4) is 11.5 Å². The lowest BCUT2D eigenvalue weighted by atomic mass is 10.1. The van der Waals surface area contributed by atoms with Crippen molar-refractivity contribution >= 4 is 23.5 Å². The summed E-state index contributed by atoms with van der Waals surface area (Å²) in [6, 6.07) is 11.7. The van der Waals surface area contributed by atoms with Crippen molar-refractivity contribution in [1.29, 1.82) is 0 Å². The number of phenolic OH excluding ortho intramolecular Hbond substituents is 1. The van der Waals surface area contributed by atoms with Gasteiger partial charge in [-0.2, -0.15) is 0 Å². The molecule has 0 aliphatic heterocycles. The van der Waals surface area contributed by atoms with Crippen LogP contribution in [0.5, 0.6) is 11.5 Å². The van der Waals surface area contributed by atoms with Crippen molar-refractivity contribution in [2.75, 3.05) is 5.32 Å². The minimum atomic E-state index is -0.371. The van der Waals surface area contributed by atoms with Gasteiger partial charge in [-0.3, -0.25) is 9.59 Å². The number of phenols is 1. The van der Waals surface area contributed by atoms with Gasteiger partial charge in [-0.1, -0.05) is 18.2 Å². The Balaban J connectivity index is 2.25. The standard InChI is InChI=1S/C20H21NO4/c1-13(2)25-20-7-5-4-6-15(20)8-10-18(23)17-12-16(21-14(3)22)9-11-19(17)24/h4-13,24H,1-3H3,(H,21,22)/b10-8+. The lowest BCUT2D eigenvalue weighted by Crippen LogP contribution is -2.07. The Kier molecular flexibility index (Phi) is 5.95. The van der Waals surface area contributed by atoms with Crippen LogP contribution in [0.2, 0.25) is 0 Å². The molecular weight excluding hydrogens is 318 g/mol. The zero-order valence-electron chi connectivity index (χ0n) is 14.4. The molecule has 5 nitrogen and oxygen atoms in total. The number of benzene rings is 2. The Bertz CT molecular complexity index is 809. The number of ether oxygens (including phenoxy) is 1. The third-order valence-corrected chi connectivity index (χ3v) is 3.28. The van der Waals surface area contributed by atoms with Gasteiger partial charge < -0.3 is 15.2 Å². The number of ketones is 1. The Morgan fingerprint density at radius 2 is 1.88 bits per heavy atom. The first-order valence-corrected chi connectivity index (χ1v) is 7.95. The van der Waals surface area contributed by atoms with Crippen molar-refractivity contribution < 1.29 is 19.4 Å². The molecule has 0 spiro atoms. The third kappa shape index (κ3) is 5.21. The molecule has 2 N–H and O–H groups in total. The summed E-state index contributed by atoms with van der Waals surface area (Å²) in [6.07, 6.45) is 3.03. The average Bonchev–Trinajstić information content (AvgIpc) is 2.54. The second-order valence-electron chi connectivity index (χ2n) is 5.82. The number of amides is 1. The highest BCUT2D eigenvalue weighted by molar-refractivity contribution is 6.09. The fraction of sp³-hybridized carbons (Fsp3) is 0.200. The fourth-order valence-corrected chi connectivity index (χ4v) is 2.25. The topological polar surface area (TPSA) is 75.6 Å².